The van der Waals surface area contributed by atoms with Gasteiger partial charge in [0.2, 0.25) is 0 Å². The second-order valence-corrected chi connectivity index (χ2v) is 3.11. The Hall–Kier alpha value is -1.62. The van der Waals surface area contributed by atoms with E-state index in [1.54, 1.807) is 12.1 Å². The molecule has 2 heteroatoms. The van der Waals surface area contributed by atoms with Crippen LogP contribution in [0.25, 0.3) is 0 Å². The molecule has 0 aromatic heterocycles. The van der Waals surface area contributed by atoms with E-state index < -0.39 is 0 Å². The van der Waals surface area contributed by atoms with Crippen LogP contribution in [-0.4, -0.2) is 12.3 Å². The van der Waals surface area contributed by atoms with Crippen LogP contribution in [0.5, 0.6) is 0 Å². The number of aliphatic imine (C=N–C) groups is 1. The largest absolute Gasteiger partial charge is 0.290 e. The average molecular weight is 172 g/mol. The maximum Gasteiger partial charge on any atom is 0.0991 e. The van der Waals surface area contributed by atoms with Crippen LogP contribution >= 0.6 is 0 Å². The predicted molar refractivity (Wildman–Crippen MR) is 53.9 cm³/mol. The standard InChI is InChI=1S/C11H12N2/c1-9(2)13-8-11-5-3-10(7-12)4-6-11/h3-6,8-9H,1-2H3/b13-8+. The highest BCUT2D eigenvalue weighted by molar-refractivity contribution is 5.79. The Balaban J connectivity index is 2.76. The smallest absolute Gasteiger partial charge is 0.0991 e. The molecule has 0 amide bonds. The molecule has 1 aromatic carbocycles. The van der Waals surface area contributed by atoms with E-state index in [0.717, 1.165) is 5.56 Å². The third kappa shape index (κ3) is 3.08. The first-order chi connectivity index (χ1) is 6.22. The fourth-order valence-corrected chi connectivity index (χ4v) is 0.879. The van der Waals surface area contributed by atoms with Crippen LogP contribution in [0.4, 0.5) is 0 Å². The van der Waals surface area contributed by atoms with E-state index >= 15 is 0 Å². The van der Waals surface area contributed by atoms with E-state index in [1.165, 1.54) is 0 Å². The highest BCUT2D eigenvalue weighted by Crippen LogP contribution is 2.01. The Kier molecular flexibility index (Phi) is 3.22. The van der Waals surface area contributed by atoms with Gasteiger partial charge in [-0.1, -0.05) is 12.1 Å². The van der Waals surface area contributed by atoms with Gasteiger partial charge in [0.15, 0.2) is 0 Å². The van der Waals surface area contributed by atoms with Crippen molar-refractivity contribution in [1.82, 2.24) is 0 Å². The summed E-state index contributed by atoms with van der Waals surface area (Å²) in [5.74, 6) is 0. The minimum Gasteiger partial charge on any atom is -0.290 e. The number of nitriles is 1. The van der Waals surface area contributed by atoms with Crippen molar-refractivity contribution in [3.63, 3.8) is 0 Å². The van der Waals surface area contributed by atoms with Gasteiger partial charge in [0, 0.05) is 12.3 Å². The summed E-state index contributed by atoms with van der Waals surface area (Å²) < 4.78 is 0. The van der Waals surface area contributed by atoms with E-state index in [2.05, 4.69) is 11.1 Å². The Bertz CT molecular complexity index is 328. The SMILES string of the molecule is CC(C)/N=C/c1ccc(C#N)cc1. The molecule has 0 aliphatic heterocycles. The zero-order valence-corrected chi connectivity index (χ0v) is 7.86. The summed E-state index contributed by atoms with van der Waals surface area (Å²) in [6.45, 7) is 4.06. The molecule has 1 aromatic rings. The van der Waals surface area contributed by atoms with E-state index in [-0.39, 0.29) is 0 Å². The number of nitrogens with zero attached hydrogens (tertiary/aromatic N) is 2. The molecule has 66 valence electrons. The molecule has 0 saturated carbocycles. The Morgan fingerprint density at radius 2 is 1.92 bits per heavy atom. The van der Waals surface area contributed by atoms with Gasteiger partial charge in [-0.25, -0.2) is 0 Å². The van der Waals surface area contributed by atoms with Crippen LogP contribution < -0.4 is 0 Å². The molecule has 0 N–H and O–H groups in total. The van der Waals surface area contributed by atoms with Gasteiger partial charge >= 0.3 is 0 Å². The second-order valence-electron chi connectivity index (χ2n) is 3.11. The topological polar surface area (TPSA) is 36.1 Å². The van der Waals surface area contributed by atoms with E-state index in [9.17, 15) is 0 Å². The molecule has 0 bridgehead atoms. The summed E-state index contributed by atoms with van der Waals surface area (Å²) in [4.78, 5) is 4.24. The molecule has 1 rings (SSSR count). The van der Waals surface area contributed by atoms with Crippen molar-refractivity contribution < 1.29 is 0 Å². The summed E-state index contributed by atoms with van der Waals surface area (Å²) in [6.07, 6.45) is 1.83. The number of rotatable bonds is 2. The lowest BCUT2D eigenvalue weighted by atomic mass is 10.2. The summed E-state index contributed by atoms with van der Waals surface area (Å²) in [5.41, 5.74) is 1.72. The van der Waals surface area contributed by atoms with Crippen LogP contribution in [0.3, 0.4) is 0 Å². The van der Waals surface area contributed by atoms with E-state index in [1.807, 2.05) is 32.2 Å². The van der Waals surface area contributed by atoms with Crippen LogP contribution in [0, 0.1) is 11.3 Å². The molecule has 13 heavy (non-hydrogen) atoms. The molecule has 0 spiro atoms. The lowest BCUT2D eigenvalue weighted by Crippen LogP contribution is -1.90. The maximum absolute atomic E-state index is 8.56. The third-order valence-corrected chi connectivity index (χ3v) is 1.56. The van der Waals surface area contributed by atoms with Crippen molar-refractivity contribution in [2.75, 3.05) is 0 Å². The molecule has 0 radical (unpaired) electrons. The molecule has 0 fully saturated rings. The second kappa shape index (κ2) is 4.42. The highest BCUT2D eigenvalue weighted by atomic mass is 14.7. The predicted octanol–water partition coefficient (Wildman–Crippen LogP) is 2.39. The first-order valence-corrected chi connectivity index (χ1v) is 4.25. The van der Waals surface area contributed by atoms with Crippen molar-refractivity contribution in [3.05, 3.63) is 35.4 Å². The molecule has 0 atom stereocenters. The number of benzene rings is 1. The molecular weight excluding hydrogens is 160 g/mol. The Morgan fingerprint density at radius 1 is 1.31 bits per heavy atom. The Labute approximate surface area is 78.5 Å². The first-order valence-electron chi connectivity index (χ1n) is 4.25. The van der Waals surface area contributed by atoms with Crippen LogP contribution in [-0.2, 0) is 0 Å². The number of hydrogen-bond donors (Lipinski definition) is 0. The highest BCUT2D eigenvalue weighted by Gasteiger charge is 1.90. The van der Waals surface area contributed by atoms with Gasteiger partial charge in [-0.2, -0.15) is 5.26 Å². The van der Waals surface area contributed by atoms with E-state index in [4.69, 9.17) is 5.26 Å². The summed E-state index contributed by atoms with van der Waals surface area (Å²) in [6, 6.07) is 9.76. The van der Waals surface area contributed by atoms with Crippen LogP contribution in [0.1, 0.15) is 25.0 Å². The third-order valence-electron chi connectivity index (χ3n) is 1.56. The quantitative estimate of drug-likeness (QED) is 0.631. The first kappa shape index (κ1) is 9.47. The zero-order valence-electron chi connectivity index (χ0n) is 7.86. The molecular formula is C11H12N2. The van der Waals surface area contributed by atoms with E-state index in [0.29, 0.717) is 11.6 Å². The van der Waals surface area contributed by atoms with Gasteiger partial charge in [-0.15, -0.1) is 0 Å². The van der Waals surface area contributed by atoms with Gasteiger partial charge in [0.25, 0.3) is 0 Å². The van der Waals surface area contributed by atoms with Crippen molar-refractivity contribution in [2.24, 2.45) is 4.99 Å². The van der Waals surface area contributed by atoms with Gasteiger partial charge < -0.3 is 0 Å². The van der Waals surface area contributed by atoms with Crippen molar-refractivity contribution in [1.29, 1.82) is 5.26 Å². The number of hydrogen-bond acceptors (Lipinski definition) is 2. The van der Waals surface area contributed by atoms with Gasteiger partial charge in [0.05, 0.1) is 11.6 Å². The molecule has 0 heterocycles. The molecule has 0 aliphatic carbocycles. The normalized spacial score (nSPS) is 10.6. The van der Waals surface area contributed by atoms with Crippen molar-refractivity contribution >= 4 is 6.21 Å². The maximum atomic E-state index is 8.56. The minimum absolute atomic E-state index is 0.315. The molecule has 0 unspecified atom stereocenters. The zero-order chi connectivity index (χ0) is 9.68. The summed E-state index contributed by atoms with van der Waals surface area (Å²) >= 11 is 0. The fourth-order valence-electron chi connectivity index (χ4n) is 0.879. The van der Waals surface area contributed by atoms with Gasteiger partial charge in [0.1, 0.15) is 0 Å². The fraction of sp³-hybridized carbons (Fsp3) is 0.273. The van der Waals surface area contributed by atoms with Crippen molar-refractivity contribution in [3.8, 4) is 6.07 Å². The molecule has 0 saturated heterocycles. The summed E-state index contributed by atoms with van der Waals surface area (Å²) in [5, 5.41) is 8.56. The average Bonchev–Trinajstić information content (AvgIpc) is 2.15. The monoisotopic (exact) mass is 172 g/mol. The van der Waals surface area contributed by atoms with Crippen molar-refractivity contribution in [2.45, 2.75) is 19.9 Å². The lowest BCUT2D eigenvalue weighted by molar-refractivity contribution is 0.841. The lowest BCUT2D eigenvalue weighted by Gasteiger charge is -1.95. The minimum atomic E-state index is 0.315. The summed E-state index contributed by atoms with van der Waals surface area (Å²) in [7, 11) is 0. The van der Waals surface area contributed by atoms with Gasteiger partial charge in [-0.3, -0.25) is 4.99 Å². The van der Waals surface area contributed by atoms with Gasteiger partial charge in [-0.05, 0) is 31.5 Å². The van der Waals surface area contributed by atoms with Crippen LogP contribution in [0.2, 0.25) is 0 Å². The molecule has 2 nitrogen and oxygen atoms in total. The molecule has 0 aliphatic rings. The Morgan fingerprint density at radius 3 is 2.38 bits per heavy atom. The van der Waals surface area contributed by atoms with Crippen LogP contribution in [0.15, 0.2) is 29.3 Å².